The predicted molar refractivity (Wildman–Crippen MR) is 84.8 cm³/mol. The van der Waals surface area contributed by atoms with Gasteiger partial charge >= 0.3 is 0 Å². The number of rotatable bonds is 6. The molecule has 2 heteroatoms. The van der Waals surface area contributed by atoms with E-state index >= 15 is 0 Å². The Morgan fingerprint density at radius 1 is 0.950 bits per heavy atom. The van der Waals surface area contributed by atoms with E-state index < -0.39 is 0 Å². The number of aryl methyl sites for hydroxylation is 1. The number of allylic oxidation sites excluding steroid dienone is 1. The van der Waals surface area contributed by atoms with Crippen LogP contribution in [-0.2, 0) is 17.6 Å². The van der Waals surface area contributed by atoms with Gasteiger partial charge in [-0.2, -0.15) is 0 Å². The third kappa shape index (κ3) is 5.02. The number of benzene rings is 2. The van der Waals surface area contributed by atoms with Gasteiger partial charge in [0, 0.05) is 6.42 Å². The Balaban J connectivity index is 1.83. The van der Waals surface area contributed by atoms with Crippen LogP contribution in [0.2, 0.25) is 0 Å². The fraction of sp³-hybridized carbons (Fsp3) is 0.167. The zero-order valence-corrected chi connectivity index (χ0v) is 12.0. The second kappa shape index (κ2) is 7.66. The summed E-state index contributed by atoms with van der Waals surface area (Å²) in [6.07, 6.45) is 6.64. The Bertz CT molecular complexity index is 570. The van der Waals surface area contributed by atoms with E-state index in [-0.39, 0.29) is 5.24 Å². The summed E-state index contributed by atoms with van der Waals surface area (Å²) in [5.74, 6) is 0. The van der Waals surface area contributed by atoms with E-state index in [4.69, 9.17) is 11.6 Å². The maximum atomic E-state index is 10.8. The van der Waals surface area contributed by atoms with Crippen molar-refractivity contribution in [3.8, 4) is 0 Å². The molecule has 0 saturated heterocycles. The van der Waals surface area contributed by atoms with Gasteiger partial charge in [0.05, 0.1) is 0 Å². The Kier molecular flexibility index (Phi) is 5.57. The summed E-state index contributed by atoms with van der Waals surface area (Å²) >= 11 is 5.36. The summed E-state index contributed by atoms with van der Waals surface area (Å²) < 4.78 is 0. The molecule has 1 nitrogen and oxygen atoms in total. The van der Waals surface area contributed by atoms with Crippen molar-refractivity contribution >= 4 is 22.9 Å². The van der Waals surface area contributed by atoms with E-state index in [0.717, 1.165) is 24.0 Å². The first kappa shape index (κ1) is 14.5. The molecule has 0 heterocycles. The lowest BCUT2D eigenvalue weighted by molar-refractivity contribution is -0.111. The van der Waals surface area contributed by atoms with Crippen LogP contribution >= 0.6 is 11.6 Å². The molecule has 0 aliphatic carbocycles. The third-order valence-electron chi connectivity index (χ3n) is 3.08. The molecule has 20 heavy (non-hydrogen) atoms. The molecule has 0 aliphatic heterocycles. The molecule has 2 rings (SSSR count). The van der Waals surface area contributed by atoms with Gasteiger partial charge < -0.3 is 0 Å². The topological polar surface area (TPSA) is 17.1 Å². The lowest BCUT2D eigenvalue weighted by atomic mass is 10.1. The summed E-state index contributed by atoms with van der Waals surface area (Å²) in [4.78, 5) is 10.8. The van der Waals surface area contributed by atoms with Crippen molar-refractivity contribution in [3.63, 3.8) is 0 Å². The number of halogens is 1. The highest BCUT2D eigenvalue weighted by Gasteiger charge is 1.98. The van der Waals surface area contributed by atoms with Crippen molar-refractivity contribution < 1.29 is 4.79 Å². The molecule has 2 aromatic rings. The highest BCUT2D eigenvalue weighted by atomic mass is 35.5. The van der Waals surface area contributed by atoms with Crippen LogP contribution in [0.3, 0.4) is 0 Å². The average Bonchev–Trinajstić information content (AvgIpc) is 2.46. The van der Waals surface area contributed by atoms with Crippen LogP contribution in [0.25, 0.3) is 6.08 Å². The van der Waals surface area contributed by atoms with E-state index in [0.29, 0.717) is 6.42 Å². The first-order chi connectivity index (χ1) is 9.74. The monoisotopic (exact) mass is 284 g/mol. The minimum Gasteiger partial charge on any atom is -0.281 e. The van der Waals surface area contributed by atoms with Gasteiger partial charge in [0.1, 0.15) is 0 Å². The van der Waals surface area contributed by atoms with Crippen molar-refractivity contribution in [2.24, 2.45) is 0 Å². The molecular formula is C18H17ClO. The molecule has 0 atom stereocenters. The molecule has 0 aliphatic rings. The summed E-state index contributed by atoms with van der Waals surface area (Å²) in [5, 5.41) is -0.323. The minimum absolute atomic E-state index is 0.291. The Morgan fingerprint density at radius 2 is 1.65 bits per heavy atom. The standard InChI is InChI=1S/C18H17ClO/c19-18(20)14-17-12-10-16(11-13-17)9-5-4-8-15-6-2-1-3-7-15/h1-3,5-7,9-13H,4,8,14H2. The lowest BCUT2D eigenvalue weighted by Gasteiger charge is -1.99. The van der Waals surface area contributed by atoms with Gasteiger partial charge in [-0.3, -0.25) is 4.79 Å². The molecule has 0 bridgehead atoms. The van der Waals surface area contributed by atoms with Crippen LogP contribution in [0.5, 0.6) is 0 Å². The summed E-state index contributed by atoms with van der Waals surface area (Å²) in [7, 11) is 0. The van der Waals surface area contributed by atoms with Gasteiger partial charge in [0.25, 0.3) is 0 Å². The Morgan fingerprint density at radius 3 is 2.30 bits per heavy atom. The zero-order chi connectivity index (χ0) is 14.2. The summed E-state index contributed by atoms with van der Waals surface area (Å²) in [5.41, 5.74) is 3.45. The van der Waals surface area contributed by atoms with E-state index in [1.807, 2.05) is 30.3 Å². The van der Waals surface area contributed by atoms with Crippen LogP contribution in [0, 0.1) is 0 Å². The fourth-order valence-electron chi connectivity index (χ4n) is 2.02. The normalized spacial score (nSPS) is 10.8. The van der Waals surface area contributed by atoms with E-state index in [1.54, 1.807) is 0 Å². The van der Waals surface area contributed by atoms with E-state index in [9.17, 15) is 4.79 Å². The number of carbonyl (C=O) groups is 1. The quantitative estimate of drug-likeness (QED) is 0.706. The maximum absolute atomic E-state index is 10.8. The first-order valence-corrected chi connectivity index (χ1v) is 7.09. The number of carbonyl (C=O) groups excluding carboxylic acids is 1. The van der Waals surface area contributed by atoms with Crippen molar-refractivity contribution in [2.75, 3.05) is 0 Å². The third-order valence-corrected chi connectivity index (χ3v) is 3.21. The smallest absolute Gasteiger partial charge is 0.226 e. The minimum atomic E-state index is -0.323. The van der Waals surface area contributed by atoms with Crippen LogP contribution in [0.15, 0.2) is 60.7 Å². The average molecular weight is 285 g/mol. The molecule has 0 N–H and O–H groups in total. The number of hydrogen-bond acceptors (Lipinski definition) is 1. The van der Waals surface area contributed by atoms with Crippen molar-refractivity contribution in [1.82, 2.24) is 0 Å². The Hall–Kier alpha value is -1.86. The summed E-state index contributed by atoms with van der Waals surface area (Å²) in [6.45, 7) is 0. The molecule has 2 aromatic carbocycles. The van der Waals surface area contributed by atoms with Crippen molar-refractivity contribution in [3.05, 3.63) is 77.4 Å². The molecule has 0 aromatic heterocycles. The highest BCUT2D eigenvalue weighted by molar-refractivity contribution is 6.63. The van der Waals surface area contributed by atoms with Crippen LogP contribution < -0.4 is 0 Å². The van der Waals surface area contributed by atoms with Crippen molar-refractivity contribution in [2.45, 2.75) is 19.3 Å². The van der Waals surface area contributed by atoms with E-state index in [1.165, 1.54) is 5.56 Å². The second-order valence-electron chi connectivity index (χ2n) is 4.70. The molecule has 0 radical (unpaired) electrons. The molecule has 102 valence electrons. The first-order valence-electron chi connectivity index (χ1n) is 6.72. The molecule has 0 fully saturated rings. The van der Waals surface area contributed by atoms with Gasteiger partial charge in [0.15, 0.2) is 0 Å². The van der Waals surface area contributed by atoms with Crippen LogP contribution in [-0.4, -0.2) is 5.24 Å². The molecule has 0 saturated carbocycles. The Labute approximate surface area is 124 Å². The maximum Gasteiger partial charge on any atom is 0.226 e. The number of hydrogen-bond donors (Lipinski definition) is 0. The SMILES string of the molecule is O=C(Cl)Cc1ccc(C=CCCc2ccccc2)cc1. The second-order valence-corrected chi connectivity index (χ2v) is 5.12. The zero-order valence-electron chi connectivity index (χ0n) is 11.3. The van der Waals surface area contributed by atoms with Gasteiger partial charge in [-0.15, -0.1) is 0 Å². The molecule has 0 amide bonds. The van der Waals surface area contributed by atoms with Gasteiger partial charge in [-0.1, -0.05) is 66.7 Å². The molecule has 0 unspecified atom stereocenters. The highest BCUT2D eigenvalue weighted by Crippen LogP contribution is 2.09. The van der Waals surface area contributed by atoms with Gasteiger partial charge in [-0.05, 0) is 41.1 Å². The van der Waals surface area contributed by atoms with Gasteiger partial charge in [-0.25, -0.2) is 0 Å². The van der Waals surface area contributed by atoms with Crippen molar-refractivity contribution in [1.29, 1.82) is 0 Å². The summed E-state index contributed by atoms with van der Waals surface area (Å²) in [6, 6.07) is 18.4. The largest absolute Gasteiger partial charge is 0.281 e. The lowest BCUT2D eigenvalue weighted by Crippen LogP contribution is -1.92. The predicted octanol–water partition coefficient (Wildman–Crippen LogP) is 4.64. The van der Waals surface area contributed by atoms with Crippen LogP contribution in [0.1, 0.15) is 23.1 Å². The molecule has 0 spiro atoms. The molecular weight excluding hydrogens is 268 g/mol. The fourth-order valence-corrected chi connectivity index (χ4v) is 2.18. The van der Waals surface area contributed by atoms with E-state index in [2.05, 4.69) is 36.4 Å². The van der Waals surface area contributed by atoms with Crippen LogP contribution in [0.4, 0.5) is 0 Å². The van der Waals surface area contributed by atoms with Gasteiger partial charge in [0.2, 0.25) is 5.24 Å².